The number of amides is 1. The van der Waals surface area contributed by atoms with E-state index in [4.69, 9.17) is 4.74 Å². The highest BCUT2D eigenvalue weighted by atomic mass is 16.5. The third-order valence-corrected chi connectivity index (χ3v) is 1.26. The zero-order valence-electron chi connectivity index (χ0n) is 5.35. The first-order valence-electron chi connectivity index (χ1n) is 3.24. The molecule has 0 saturated carbocycles. The average molecular weight is 129 g/mol. The molecule has 1 amide bonds. The highest BCUT2D eigenvalue weighted by Crippen LogP contribution is 1.89. The molecular formula is C6H11NO2. The highest BCUT2D eigenvalue weighted by molar-refractivity contribution is 5.75. The Kier molecular flexibility index (Phi) is 2.51. The molecule has 1 fully saturated rings. The number of ether oxygens (including phenoxy) is 1. The van der Waals surface area contributed by atoms with Gasteiger partial charge in [-0.1, -0.05) is 0 Å². The molecule has 1 aliphatic heterocycles. The van der Waals surface area contributed by atoms with Crippen LogP contribution in [0.1, 0.15) is 12.8 Å². The fourth-order valence-corrected chi connectivity index (χ4v) is 0.757. The van der Waals surface area contributed by atoms with Gasteiger partial charge in [0.15, 0.2) is 0 Å². The lowest BCUT2D eigenvalue weighted by molar-refractivity contribution is -0.122. The highest BCUT2D eigenvalue weighted by Gasteiger charge is 2.02. The second-order valence-electron chi connectivity index (χ2n) is 2.07. The first-order valence-corrected chi connectivity index (χ1v) is 3.24. The monoisotopic (exact) mass is 129 g/mol. The van der Waals surface area contributed by atoms with Crippen molar-refractivity contribution in [2.75, 3.05) is 19.8 Å². The summed E-state index contributed by atoms with van der Waals surface area (Å²) in [5.74, 6) is 0.106. The largest absolute Gasteiger partial charge is 0.381 e. The second kappa shape index (κ2) is 3.45. The molecule has 0 radical (unpaired) electrons. The first kappa shape index (κ1) is 6.55. The summed E-state index contributed by atoms with van der Waals surface area (Å²) in [6.07, 6.45) is 1.45. The molecule has 0 aliphatic carbocycles. The molecule has 0 bridgehead atoms. The lowest BCUT2D eigenvalue weighted by Gasteiger charge is -2.09. The van der Waals surface area contributed by atoms with Gasteiger partial charge >= 0.3 is 0 Å². The second-order valence-corrected chi connectivity index (χ2v) is 2.07. The van der Waals surface area contributed by atoms with Crippen LogP contribution < -0.4 is 5.32 Å². The van der Waals surface area contributed by atoms with E-state index in [1.165, 1.54) is 0 Å². The topological polar surface area (TPSA) is 38.3 Å². The summed E-state index contributed by atoms with van der Waals surface area (Å²) in [6.45, 7) is 2.12. The summed E-state index contributed by atoms with van der Waals surface area (Å²) in [7, 11) is 0. The predicted octanol–water partition coefficient (Wildman–Crippen LogP) is -0.0870. The van der Waals surface area contributed by atoms with Crippen LogP contribution in [0.3, 0.4) is 0 Å². The summed E-state index contributed by atoms with van der Waals surface area (Å²) in [5, 5.41) is 2.77. The maximum atomic E-state index is 10.6. The van der Waals surface area contributed by atoms with Crippen LogP contribution in [0.25, 0.3) is 0 Å². The van der Waals surface area contributed by atoms with Gasteiger partial charge < -0.3 is 10.1 Å². The molecule has 9 heavy (non-hydrogen) atoms. The van der Waals surface area contributed by atoms with Gasteiger partial charge in [-0.2, -0.15) is 0 Å². The van der Waals surface area contributed by atoms with Gasteiger partial charge in [-0.25, -0.2) is 0 Å². The van der Waals surface area contributed by atoms with Crippen molar-refractivity contribution in [3.63, 3.8) is 0 Å². The number of carbonyl (C=O) groups is 1. The summed E-state index contributed by atoms with van der Waals surface area (Å²) >= 11 is 0. The predicted molar refractivity (Wildman–Crippen MR) is 33.1 cm³/mol. The smallest absolute Gasteiger partial charge is 0.222 e. The molecule has 1 saturated heterocycles. The molecule has 1 rings (SSSR count). The van der Waals surface area contributed by atoms with Crippen LogP contribution in [-0.2, 0) is 9.53 Å². The van der Waals surface area contributed by atoms with Crippen LogP contribution in [0.5, 0.6) is 0 Å². The Bertz CT molecular complexity index is 93.2. The number of nitrogens with one attached hydrogen (secondary N) is 1. The van der Waals surface area contributed by atoms with Gasteiger partial charge in [0.05, 0.1) is 6.61 Å². The molecule has 0 aromatic rings. The van der Waals surface area contributed by atoms with E-state index in [1.807, 2.05) is 0 Å². The maximum absolute atomic E-state index is 10.6. The van der Waals surface area contributed by atoms with Gasteiger partial charge in [0.1, 0.15) is 0 Å². The van der Waals surface area contributed by atoms with Crippen molar-refractivity contribution in [1.29, 1.82) is 0 Å². The molecule has 3 nitrogen and oxygen atoms in total. The Morgan fingerprint density at radius 1 is 1.44 bits per heavy atom. The van der Waals surface area contributed by atoms with E-state index < -0.39 is 0 Å². The fourth-order valence-electron chi connectivity index (χ4n) is 0.757. The molecule has 52 valence electrons. The first-order chi connectivity index (χ1) is 4.39. The van der Waals surface area contributed by atoms with Gasteiger partial charge in [0.25, 0.3) is 0 Å². The van der Waals surface area contributed by atoms with Crippen molar-refractivity contribution in [3.8, 4) is 0 Å². The summed E-state index contributed by atoms with van der Waals surface area (Å²) in [5.41, 5.74) is 0. The lowest BCUT2D eigenvalue weighted by atomic mass is 10.3. The van der Waals surface area contributed by atoms with E-state index >= 15 is 0 Å². The fraction of sp³-hybridized carbons (Fsp3) is 0.833. The van der Waals surface area contributed by atoms with E-state index in [1.54, 1.807) is 0 Å². The van der Waals surface area contributed by atoms with Gasteiger partial charge in [0.2, 0.25) is 5.91 Å². The Labute approximate surface area is 54.4 Å². The summed E-state index contributed by atoms with van der Waals surface area (Å²) < 4.78 is 5.08. The Morgan fingerprint density at radius 2 is 2.33 bits per heavy atom. The lowest BCUT2D eigenvalue weighted by Crippen LogP contribution is -2.28. The molecule has 0 spiro atoms. The van der Waals surface area contributed by atoms with Crippen LogP contribution >= 0.6 is 0 Å². The molecule has 0 atom stereocenters. The maximum Gasteiger partial charge on any atom is 0.222 e. The van der Waals surface area contributed by atoms with E-state index in [0.29, 0.717) is 13.0 Å². The van der Waals surface area contributed by atoms with Crippen molar-refractivity contribution in [2.45, 2.75) is 12.8 Å². The van der Waals surface area contributed by atoms with Crippen molar-refractivity contribution in [3.05, 3.63) is 0 Å². The number of carbonyl (C=O) groups excluding carboxylic acids is 1. The average Bonchev–Trinajstić information content (AvgIpc) is 1.79. The quantitative estimate of drug-likeness (QED) is 0.496. The van der Waals surface area contributed by atoms with E-state index in [2.05, 4.69) is 5.32 Å². The molecule has 3 heteroatoms. The zero-order chi connectivity index (χ0) is 6.53. The molecule has 0 unspecified atom stereocenters. The van der Waals surface area contributed by atoms with Crippen LogP contribution in [0.2, 0.25) is 0 Å². The minimum atomic E-state index is 0.106. The third-order valence-electron chi connectivity index (χ3n) is 1.26. The molecular weight excluding hydrogens is 118 g/mol. The summed E-state index contributed by atoms with van der Waals surface area (Å²) in [6, 6.07) is 0. The summed E-state index contributed by atoms with van der Waals surface area (Å²) in [4.78, 5) is 10.6. The van der Waals surface area contributed by atoms with Crippen LogP contribution in [0, 0.1) is 0 Å². The minimum Gasteiger partial charge on any atom is -0.381 e. The zero-order valence-corrected chi connectivity index (χ0v) is 5.35. The minimum absolute atomic E-state index is 0.106. The molecule has 1 N–H and O–H groups in total. The molecule has 1 heterocycles. The van der Waals surface area contributed by atoms with Crippen molar-refractivity contribution in [2.24, 2.45) is 0 Å². The molecule has 0 aromatic carbocycles. The Balaban J connectivity index is 2.20. The van der Waals surface area contributed by atoms with Crippen molar-refractivity contribution < 1.29 is 9.53 Å². The Hall–Kier alpha value is -0.570. The molecule has 1 aliphatic rings. The molecule has 0 aromatic heterocycles. The van der Waals surface area contributed by atoms with Gasteiger partial charge in [-0.15, -0.1) is 0 Å². The van der Waals surface area contributed by atoms with Crippen LogP contribution in [-0.4, -0.2) is 25.7 Å². The number of hydrogen-bond acceptors (Lipinski definition) is 2. The van der Waals surface area contributed by atoms with Crippen LogP contribution in [0.15, 0.2) is 0 Å². The Morgan fingerprint density at radius 3 is 3.22 bits per heavy atom. The number of hydrogen-bond donors (Lipinski definition) is 1. The normalized spacial score (nSPS) is 22.0. The van der Waals surface area contributed by atoms with Crippen molar-refractivity contribution in [1.82, 2.24) is 5.32 Å². The van der Waals surface area contributed by atoms with E-state index in [9.17, 15) is 4.79 Å². The van der Waals surface area contributed by atoms with E-state index in [-0.39, 0.29) is 5.91 Å². The van der Waals surface area contributed by atoms with Crippen molar-refractivity contribution >= 4 is 5.91 Å². The van der Waals surface area contributed by atoms with Crippen LogP contribution in [0.4, 0.5) is 0 Å². The van der Waals surface area contributed by atoms with Gasteiger partial charge in [-0.05, 0) is 6.42 Å². The SMILES string of the molecule is O=C1CCOCCCN1. The van der Waals surface area contributed by atoms with E-state index in [0.717, 1.165) is 19.6 Å². The van der Waals surface area contributed by atoms with Gasteiger partial charge in [0, 0.05) is 19.6 Å². The standard InChI is InChI=1S/C6H11NO2/c8-6-2-5-9-4-1-3-7-6/h1-5H2,(H,7,8). The third kappa shape index (κ3) is 2.46. The van der Waals surface area contributed by atoms with Gasteiger partial charge in [-0.3, -0.25) is 4.79 Å². The number of rotatable bonds is 0.